The van der Waals surface area contributed by atoms with Crippen LogP contribution < -0.4 is 19.8 Å². The van der Waals surface area contributed by atoms with Gasteiger partial charge in [0, 0.05) is 4.47 Å². The molecule has 0 bridgehead atoms. The van der Waals surface area contributed by atoms with Gasteiger partial charge in [-0.1, -0.05) is 45.2 Å². The van der Waals surface area contributed by atoms with Crippen molar-refractivity contribution in [1.82, 2.24) is 9.66 Å². The number of nitrogens with zero attached hydrogens (tertiary/aromatic N) is 3. The van der Waals surface area contributed by atoms with Gasteiger partial charge < -0.3 is 14.2 Å². The molecule has 0 N–H and O–H groups in total. The van der Waals surface area contributed by atoms with Crippen LogP contribution in [0, 0.1) is 6.92 Å². The topological polar surface area (TPSA) is 74.9 Å². The van der Waals surface area contributed by atoms with Gasteiger partial charge in [0.2, 0.25) is 6.79 Å². The molecule has 4 aromatic rings. The molecule has 0 atom stereocenters. The summed E-state index contributed by atoms with van der Waals surface area (Å²) in [6, 6.07) is 14.2. The van der Waals surface area contributed by atoms with Gasteiger partial charge in [-0.3, -0.25) is 4.79 Å². The summed E-state index contributed by atoms with van der Waals surface area (Å²) in [6.45, 7) is 2.17. The third kappa shape index (κ3) is 4.49. The van der Waals surface area contributed by atoms with Gasteiger partial charge in [-0.15, -0.1) is 0 Å². The van der Waals surface area contributed by atoms with E-state index in [2.05, 4.69) is 26.0 Å². The molecule has 1 aromatic heterocycles. The summed E-state index contributed by atoms with van der Waals surface area (Å²) >= 11 is 16.2. The van der Waals surface area contributed by atoms with Gasteiger partial charge in [0.25, 0.3) is 5.56 Å². The van der Waals surface area contributed by atoms with Crippen molar-refractivity contribution in [3.05, 3.63) is 90.4 Å². The van der Waals surface area contributed by atoms with Crippen molar-refractivity contribution in [2.45, 2.75) is 13.5 Å². The van der Waals surface area contributed by atoms with Crippen molar-refractivity contribution in [2.75, 3.05) is 6.79 Å². The quantitative estimate of drug-likeness (QED) is 0.281. The van der Waals surface area contributed by atoms with Gasteiger partial charge in [0.1, 0.15) is 12.4 Å². The van der Waals surface area contributed by atoms with E-state index in [1.807, 2.05) is 24.3 Å². The third-order valence-electron chi connectivity index (χ3n) is 5.13. The first kappa shape index (κ1) is 22.7. The highest BCUT2D eigenvalue weighted by Gasteiger charge is 2.15. The zero-order valence-electron chi connectivity index (χ0n) is 17.7. The molecular weight excluding hydrogens is 545 g/mol. The molecule has 0 fully saturated rings. The van der Waals surface area contributed by atoms with Crippen LogP contribution in [0.1, 0.15) is 17.0 Å². The van der Waals surface area contributed by atoms with Crippen molar-refractivity contribution in [2.24, 2.45) is 5.10 Å². The first-order valence-electron chi connectivity index (χ1n) is 10.1. The minimum atomic E-state index is -0.277. The van der Waals surface area contributed by atoms with E-state index in [0.717, 1.165) is 10.0 Å². The van der Waals surface area contributed by atoms with Crippen LogP contribution in [0.2, 0.25) is 10.0 Å². The van der Waals surface area contributed by atoms with Gasteiger partial charge >= 0.3 is 0 Å². The van der Waals surface area contributed by atoms with E-state index >= 15 is 0 Å². The number of halogens is 3. The number of hydrogen-bond donors (Lipinski definition) is 0. The minimum absolute atomic E-state index is 0.207. The molecule has 172 valence electrons. The van der Waals surface area contributed by atoms with Crippen LogP contribution in [0.25, 0.3) is 10.9 Å². The number of fused-ring (bicyclic) bond motifs is 2. The van der Waals surface area contributed by atoms with Crippen LogP contribution in [0.15, 0.2) is 62.9 Å². The molecule has 34 heavy (non-hydrogen) atoms. The summed E-state index contributed by atoms with van der Waals surface area (Å²) in [5.74, 6) is 2.18. The van der Waals surface area contributed by atoms with E-state index < -0.39 is 0 Å². The Morgan fingerprint density at radius 2 is 1.88 bits per heavy atom. The summed E-state index contributed by atoms with van der Waals surface area (Å²) in [5, 5.41) is 5.41. The Balaban J connectivity index is 1.38. The summed E-state index contributed by atoms with van der Waals surface area (Å²) in [5.41, 5.74) is 1.81. The molecule has 1 aliphatic rings. The second-order valence-corrected chi connectivity index (χ2v) is 9.20. The highest BCUT2D eigenvalue weighted by molar-refractivity contribution is 9.10. The molecule has 0 unspecified atom stereocenters. The van der Waals surface area contributed by atoms with Crippen molar-refractivity contribution < 1.29 is 14.2 Å². The molecule has 0 amide bonds. The van der Waals surface area contributed by atoms with E-state index in [1.54, 1.807) is 31.2 Å². The lowest BCUT2D eigenvalue weighted by atomic mass is 10.2. The van der Waals surface area contributed by atoms with Crippen LogP contribution in [0.3, 0.4) is 0 Å². The van der Waals surface area contributed by atoms with Crippen molar-refractivity contribution in [1.29, 1.82) is 0 Å². The van der Waals surface area contributed by atoms with Gasteiger partial charge in [-0.05, 0) is 60.5 Å². The van der Waals surface area contributed by atoms with Crippen LogP contribution in [-0.2, 0) is 6.61 Å². The largest absolute Gasteiger partial charge is 0.486 e. The second kappa shape index (κ2) is 9.29. The number of rotatable bonds is 5. The Morgan fingerprint density at radius 3 is 2.68 bits per heavy atom. The maximum absolute atomic E-state index is 12.9. The SMILES string of the molecule is Cc1nc2ccc(Br)cc2c(=O)n1N=Cc1cc(Cl)c(OCc2ccc3c(c2)OCO3)c(Cl)c1. The van der Waals surface area contributed by atoms with Crippen LogP contribution in [0.5, 0.6) is 17.2 Å². The van der Waals surface area contributed by atoms with Gasteiger partial charge in [0.05, 0.1) is 27.2 Å². The maximum Gasteiger partial charge on any atom is 0.282 e. The molecule has 10 heteroatoms. The van der Waals surface area contributed by atoms with E-state index in [1.165, 1.54) is 10.9 Å². The van der Waals surface area contributed by atoms with E-state index in [-0.39, 0.29) is 19.0 Å². The normalized spacial score (nSPS) is 12.6. The summed E-state index contributed by atoms with van der Waals surface area (Å²) < 4.78 is 18.6. The molecule has 0 spiro atoms. The number of benzene rings is 3. The molecule has 5 rings (SSSR count). The fourth-order valence-corrected chi connectivity index (χ4v) is 4.47. The average molecular weight is 561 g/mol. The average Bonchev–Trinajstić information content (AvgIpc) is 3.27. The van der Waals surface area contributed by atoms with Crippen molar-refractivity contribution >= 4 is 56.2 Å². The Labute approximate surface area is 212 Å². The van der Waals surface area contributed by atoms with Crippen molar-refractivity contribution in [3.63, 3.8) is 0 Å². The zero-order valence-corrected chi connectivity index (χ0v) is 20.8. The molecule has 1 aliphatic heterocycles. The third-order valence-corrected chi connectivity index (χ3v) is 6.19. The predicted octanol–water partition coefficient (Wildman–Crippen LogP) is 5.96. The molecule has 2 heterocycles. The molecule has 0 aliphatic carbocycles. The first-order valence-corrected chi connectivity index (χ1v) is 11.7. The number of ether oxygens (including phenoxy) is 3. The van der Waals surface area contributed by atoms with Gasteiger partial charge in [0.15, 0.2) is 17.2 Å². The van der Waals surface area contributed by atoms with Gasteiger partial charge in [-0.25, -0.2) is 4.98 Å². The summed E-state index contributed by atoms with van der Waals surface area (Å²) in [4.78, 5) is 17.4. The first-order chi connectivity index (χ1) is 16.4. The zero-order chi connectivity index (χ0) is 23.8. The lowest BCUT2D eigenvalue weighted by Gasteiger charge is -2.11. The van der Waals surface area contributed by atoms with Crippen LogP contribution in [-0.4, -0.2) is 22.7 Å². The molecule has 0 radical (unpaired) electrons. The lowest BCUT2D eigenvalue weighted by Crippen LogP contribution is -2.20. The molecule has 0 saturated carbocycles. The van der Waals surface area contributed by atoms with Gasteiger partial charge in [-0.2, -0.15) is 9.78 Å². The number of aryl methyl sites for hydroxylation is 1. The molecule has 0 saturated heterocycles. The fourth-order valence-electron chi connectivity index (χ4n) is 3.50. The number of hydrogen-bond acceptors (Lipinski definition) is 6. The highest BCUT2D eigenvalue weighted by atomic mass is 79.9. The Hall–Kier alpha value is -3.07. The second-order valence-electron chi connectivity index (χ2n) is 7.47. The monoisotopic (exact) mass is 559 g/mol. The fraction of sp³-hybridized carbons (Fsp3) is 0.125. The Morgan fingerprint density at radius 1 is 1.12 bits per heavy atom. The van der Waals surface area contributed by atoms with Crippen LogP contribution >= 0.6 is 39.1 Å². The standard InChI is InChI=1S/C24H16BrCl2N3O4/c1-13-29-20-4-3-16(25)9-17(20)24(31)30(13)28-10-15-6-18(26)23(19(27)7-15)32-11-14-2-5-21-22(8-14)34-12-33-21/h2-10H,11-12H2,1H3. The lowest BCUT2D eigenvalue weighted by molar-refractivity contribution is 0.174. The smallest absolute Gasteiger partial charge is 0.282 e. The van der Waals surface area contributed by atoms with Crippen LogP contribution in [0.4, 0.5) is 0 Å². The maximum atomic E-state index is 12.9. The summed E-state index contributed by atoms with van der Waals surface area (Å²) in [7, 11) is 0. The highest BCUT2D eigenvalue weighted by Crippen LogP contribution is 2.36. The predicted molar refractivity (Wildman–Crippen MR) is 135 cm³/mol. The van der Waals surface area contributed by atoms with Crippen molar-refractivity contribution in [3.8, 4) is 17.2 Å². The summed E-state index contributed by atoms with van der Waals surface area (Å²) in [6.07, 6.45) is 1.50. The molecule has 3 aromatic carbocycles. The Bertz CT molecular complexity index is 1500. The van der Waals surface area contributed by atoms with E-state index in [9.17, 15) is 4.79 Å². The Kier molecular flexibility index (Phi) is 6.20. The number of aromatic nitrogens is 2. The van der Waals surface area contributed by atoms with E-state index in [0.29, 0.717) is 49.6 Å². The minimum Gasteiger partial charge on any atom is -0.486 e. The molecule has 7 nitrogen and oxygen atoms in total. The molecular formula is C24H16BrCl2N3O4. The van der Waals surface area contributed by atoms with E-state index in [4.69, 9.17) is 37.4 Å².